The molecule has 0 amide bonds. The number of nitrogens with one attached hydrogen (secondary N) is 2. The maximum atomic E-state index is 12.0. The third-order valence-corrected chi connectivity index (χ3v) is 4.20. The first-order valence-corrected chi connectivity index (χ1v) is 8.07. The van der Waals surface area contributed by atoms with Crippen LogP contribution in [0, 0.1) is 0 Å². The van der Waals surface area contributed by atoms with Gasteiger partial charge in [-0.2, -0.15) is 0 Å². The highest BCUT2D eigenvalue weighted by molar-refractivity contribution is 7.89. The predicted molar refractivity (Wildman–Crippen MR) is 81.6 cm³/mol. The van der Waals surface area contributed by atoms with Crippen molar-refractivity contribution >= 4 is 27.4 Å². The predicted octanol–water partition coefficient (Wildman–Crippen LogP) is -0.123. The minimum Gasteiger partial charge on any atom is -0.379 e. The zero-order chi connectivity index (χ0) is 15.9. The Morgan fingerprint density at radius 3 is 2.71 bits per heavy atom. The van der Waals surface area contributed by atoms with Gasteiger partial charge in [0.2, 0.25) is 10.0 Å². The van der Waals surface area contributed by atoms with Crippen molar-refractivity contribution in [3.8, 4) is 0 Å². The van der Waals surface area contributed by atoms with Gasteiger partial charge in [0, 0.05) is 19.3 Å². The lowest BCUT2D eigenvalue weighted by molar-refractivity contribution is 0.122. The smallest absolute Gasteiger partial charge is 0.242 e. The molecular weight excluding hydrogens is 318 g/mol. The summed E-state index contributed by atoms with van der Waals surface area (Å²) in [6.45, 7) is 1.78. The maximum absolute atomic E-state index is 12.0. The van der Waals surface area contributed by atoms with Crippen molar-refractivity contribution < 1.29 is 13.2 Å². The summed E-state index contributed by atoms with van der Waals surface area (Å²) < 4.78 is 31.7. The Kier molecular flexibility index (Phi) is 7.29. The van der Waals surface area contributed by atoms with E-state index in [0.717, 1.165) is 6.54 Å². The average Bonchev–Trinajstić information content (AvgIpc) is 2.42. The summed E-state index contributed by atoms with van der Waals surface area (Å²) >= 11 is 5.84. The van der Waals surface area contributed by atoms with Crippen LogP contribution >= 0.6 is 11.6 Å². The summed E-state index contributed by atoms with van der Waals surface area (Å²) in [5.41, 5.74) is 2.27. The van der Waals surface area contributed by atoms with E-state index in [-0.39, 0.29) is 28.9 Å². The van der Waals surface area contributed by atoms with Gasteiger partial charge in [0.05, 0.1) is 18.2 Å². The number of hydrazine groups is 1. The van der Waals surface area contributed by atoms with Crippen LogP contribution in [0.5, 0.6) is 0 Å². The second-order valence-corrected chi connectivity index (χ2v) is 6.63. The number of likely N-dealkylation sites (N-methyl/N-ethyl adjacent to an activating group) is 1. The Morgan fingerprint density at radius 1 is 1.43 bits per heavy atom. The first kappa shape index (κ1) is 18.1. The number of halogens is 1. The van der Waals surface area contributed by atoms with Crippen LogP contribution in [-0.2, 0) is 14.8 Å². The van der Waals surface area contributed by atoms with E-state index in [0.29, 0.717) is 6.61 Å². The molecule has 0 fully saturated rings. The second kappa shape index (κ2) is 8.47. The molecule has 0 aliphatic rings. The number of hydrogen-bond donors (Lipinski definition) is 3. The highest BCUT2D eigenvalue weighted by Gasteiger charge is 2.15. The van der Waals surface area contributed by atoms with E-state index in [4.69, 9.17) is 22.2 Å². The molecule has 1 aromatic rings. The van der Waals surface area contributed by atoms with Crippen LogP contribution < -0.4 is 16.0 Å². The van der Waals surface area contributed by atoms with Crippen LogP contribution in [0.3, 0.4) is 0 Å². The van der Waals surface area contributed by atoms with Crippen molar-refractivity contribution in [1.82, 2.24) is 14.6 Å². The number of nitrogen functional groups attached to an aromatic ring is 1. The molecule has 0 bridgehead atoms. The SMILES string of the molecule is CN(C)CCOCCNS(=O)(=O)c1cnc(NN)c(Cl)c1. The summed E-state index contributed by atoms with van der Waals surface area (Å²) in [4.78, 5) is 5.77. The number of anilines is 1. The molecule has 0 unspecified atom stereocenters. The summed E-state index contributed by atoms with van der Waals surface area (Å²) in [5.74, 6) is 5.39. The van der Waals surface area contributed by atoms with Crippen LogP contribution in [0.4, 0.5) is 5.82 Å². The van der Waals surface area contributed by atoms with Crippen molar-refractivity contribution in [2.45, 2.75) is 4.90 Å². The van der Waals surface area contributed by atoms with Crippen molar-refractivity contribution in [2.24, 2.45) is 5.84 Å². The summed E-state index contributed by atoms with van der Waals surface area (Å²) in [7, 11) is 0.199. The van der Waals surface area contributed by atoms with Crippen molar-refractivity contribution in [1.29, 1.82) is 0 Å². The number of rotatable bonds is 9. The molecule has 10 heteroatoms. The molecule has 0 aliphatic heterocycles. The fraction of sp³-hybridized carbons (Fsp3) is 0.545. The standard InChI is InChI=1S/C11H20ClN5O3S/c1-17(2)4-6-20-5-3-15-21(18,19)9-7-10(12)11(16-13)14-8-9/h7-8,15H,3-6,13H2,1-2H3,(H,14,16). The van der Waals surface area contributed by atoms with Crippen LogP contribution in [0.2, 0.25) is 5.02 Å². The van der Waals surface area contributed by atoms with Gasteiger partial charge in [-0.05, 0) is 20.2 Å². The van der Waals surface area contributed by atoms with Gasteiger partial charge in [-0.15, -0.1) is 0 Å². The third kappa shape index (κ3) is 6.12. The molecule has 0 saturated carbocycles. The lowest BCUT2D eigenvalue weighted by Crippen LogP contribution is -2.28. The molecule has 0 spiro atoms. The molecule has 4 N–H and O–H groups in total. The van der Waals surface area contributed by atoms with Gasteiger partial charge in [-0.3, -0.25) is 0 Å². The molecule has 0 saturated heterocycles. The number of nitrogens with two attached hydrogens (primary N) is 1. The Labute approximate surface area is 129 Å². The van der Waals surface area contributed by atoms with Gasteiger partial charge in [0.15, 0.2) is 5.82 Å². The molecule has 0 radical (unpaired) electrons. The van der Waals surface area contributed by atoms with Gasteiger partial charge in [-0.1, -0.05) is 11.6 Å². The third-order valence-electron chi connectivity index (χ3n) is 2.48. The van der Waals surface area contributed by atoms with Crippen molar-refractivity contribution in [2.75, 3.05) is 45.8 Å². The molecule has 1 rings (SSSR count). The molecule has 0 aromatic carbocycles. The Hall–Kier alpha value is -0.970. The molecule has 21 heavy (non-hydrogen) atoms. The number of hydrogen-bond acceptors (Lipinski definition) is 7. The number of nitrogens with zero attached hydrogens (tertiary/aromatic N) is 2. The first-order valence-electron chi connectivity index (χ1n) is 6.21. The Morgan fingerprint density at radius 2 is 2.14 bits per heavy atom. The van der Waals surface area contributed by atoms with Gasteiger partial charge in [-0.25, -0.2) is 24.0 Å². The quantitative estimate of drug-likeness (QED) is 0.327. The highest BCUT2D eigenvalue weighted by atomic mass is 35.5. The fourth-order valence-electron chi connectivity index (χ4n) is 1.35. The number of aromatic nitrogens is 1. The first-order chi connectivity index (χ1) is 9.86. The number of pyridine rings is 1. The second-order valence-electron chi connectivity index (χ2n) is 4.46. The molecule has 1 aromatic heterocycles. The zero-order valence-electron chi connectivity index (χ0n) is 12.0. The van der Waals surface area contributed by atoms with E-state index in [1.807, 2.05) is 19.0 Å². The number of ether oxygens (including phenoxy) is 1. The monoisotopic (exact) mass is 337 g/mol. The average molecular weight is 338 g/mol. The normalized spacial score (nSPS) is 11.9. The molecular formula is C11H20ClN5O3S. The van der Waals surface area contributed by atoms with Gasteiger partial charge >= 0.3 is 0 Å². The molecule has 1 heterocycles. The molecule has 0 aliphatic carbocycles. The minimum absolute atomic E-state index is 0.0280. The zero-order valence-corrected chi connectivity index (χ0v) is 13.5. The largest absolute Gasteiger partial charge is 0.379 e. The van der Waals surface area contributed by atoms with E-state index < -0.39 is 10.0 Å². The lowest BCUT2D eigenvalue weighted by Gasteiger charge is -2.11. The van der Waals surface area contributed by atoms with E-state index in [9.17, 15) is 8.42 Å². The van der Waals surface area contributed by atoms with Crippen molar-refractivity contribution in [3.05, 3.63) is 17.3 Å². The van der Waals surface area contributed by atoms with E-state index in [1.54, 1.807) is 0 Å². The van der Waals surface area contributed by atoms with E-state index >= 15 is 0 Å². The topological polar surface area (TPSA) is 110 Å². The van der Waals surface area contributed by atoms with E-state index in [1.165, 1.54) is 12.3 Å². The summed E-state index contributed by atoms with van der Waals surface area (Å²) in [6, 6.07) is 1.28. The van der Waals surface area contributed by atoms with Crippen LogP contribution in [0.25, 0.3) is 0 Å². The van der Waals surface area contributed by atoms with Crippen LogP contribution in [0.15, 0.2) is 17.2 Å². The van der Waals surface area contributed by atoms with Crippen molar-refractivity contribution in [3.63, 3.8) is 0 Å². The summed E-state index contributed by atoms with van der Waals surface area (Å²) in [6.07, 6.45) is 1.18. The van der Waals surface area contributed by atoms with Gasteiger partial charge in [0.1, 0.15) is 4.90 Å². The van der Waals surface area contributed by atoms with Gasteiger partial charge < -0.3 is 15.1 Å². The molecule has 0 atom stereocenters. The minimum atomic E-state index is -3.67. The Balaban J connectivity index is 2.48. The van der Waals surface area contributed by atoms with Gasteiger partial charge in [0.25, 0.3) is 0 Å². The molecule has 8 nitrogen and oxygen atoms in total. The summed E-state index contributed by atoms with van der Waals surface area (Å²) in [5, 5.41) is 0.127. The lowest BCUT2D eigenvalue weighted by atomic mass is 10.5. The Bertz CT molecular complexity index is 553. The number of sulfonamides is 1. The highest BCUT2D eigenvalue weighted by Crippen LogP contribution is 2.21. The molecule has 120 valence electrons. The van der Waals surface area contributed by atoms with E-state index in [2.05, 4.69) is 15.1 Å². The fourth-order valence-corrected chi connectivity index (χ4v) is 2.62. The van der Waals surface area contributed by atoms with Crippen LogP contribution in [-0.4, -0.2) is 58.7 Å². The maximum Gasteiger partial charge on any atom is 0.242 e. The van der Waals surface area contributed by atoms with Crippen LogP contribution in [0.1, 0.15) is 0 Å².